The summed E-state index contributed by atoms with van der Waals surface area (Å²) in [5, 5.41) is 13.3. The van der Waals surface area contributed by atoms with Gasteiger partial charge in [-0.25, -0.2) is 19.7 Å². The van der Waals surface area contributed by atoms with Gasteiger partial charge >= 0.3 is 5.97 Å². The number of aromatic amines is 1. The van der Waals surface area contributed by atoms with E-state index in [4.69, 9.17) is 16.6 Å². The molecule has 4 rings (SSSR count). The Bertz CT molecular complexity index is 1400. The first-order chi connectivity index (χ1) is 15.3. The molecule has 0 bridgehead atoms. The molecule has 1 aromatic carbocycles. The predicted octanol–water partition coefficient (Wildman–Crippen LogP) is 3.64. The Labute approximate surface area is 188 Å². The second-order valence-electron chi connectivity index (χ2n) is 7.54. The predicted molar refractivity (Wildman–Crippen MR) is 122 cm³/mol. The number of aromatic nitrogens is 4. The highest BCUT2D eigenvalue weighted by Gasteiger charge is 2.20. The summed E-state index contributed by atoms with van der Waals surface area (Å²) in [6.07, 6.45) is 3.56. The first-order valence-corrected chi connectivity index (χ1v) is 10.3. The van der Waals surface area contributed by atoms with Crippen LogP contribution in [-0.4, -0.2) is 25.6 Å². The molecule has 32 heavy (non-hydrogen) atoms. The van der Waals surface area contributed by atoms with E-state index in [0.29, 0.717) is 22.4 Å². The minimum Gasteiger partial charge on any atom is -0.476 e. The number of hydrogen-bond donors (Lipinski definition) is 2. The quantitative estimate of drug-likeness (QED) is 0.449. The Kier molecular flexibility index (Phi) is 5.63. The molecular weight excluding hydrogens is 430 g/mol. The number of carbonyl (C=O) groups is 1. The van der Waals surface area contributed by atoms with Crippen LogP contribution in [-0.2, 0) is 7.05 Å². The van der Waals surface area contributed by atoms with Crippen LogP contribution < -0.4 is 15.9 Å². The van der Waals surface area contributed by atoms with Gasteiger partial charge in [-0.1, -0.05) is 17.7 Å². The number of pyridine rings is 2. The van der Waals surface area contributed by atoms with E-state index in [1.807, 2.05) is 38.1 Å². The molecule has 0 aliphatic rings. The van der Waals surface area contributed by atoms with Crippen LogP contribution in [0, 0.1) is 6.92 Å². The van der Waals surface area contributed by atoms with Crippen molar-refractivity contribution in [2.75, 3.05) is 5.32 Å². The number of aromatic carboxylic acids is 1. The Morgan fingerprint density at radius 3 is 2.72 bits per heavy atom. The maximum Gasteiger partial charge on any atom is 0.356 e. The van der Waals surface area contributed by atoms with Crippen LogP contribution in [0.5, 0.6) is 0 Å². The molecule has 3 aromatic heterocycles. The van der Waals surface area contributed by atoms with Crippen molar-refractivity contribution in [3.8, 4) is 11.4 Å². The molecule has 0 amide bonds. The zero-order chi connectivity index (χ0) is 23.0. The van der Waals surface area contributed by atoms with Crippen molar-refractivity contribution >= 4 is 34.2 Å². The van der Waals surface area contributed by atoms with Gasteiger partial charge in [0.05, 0.1) is 28.2 Å². The second kappa shape index (κ2) is 8.39. The first-order valence-electron chi connectivity index (χ1n) is 9.90. The number of carboxylic acid groups (broad SMARTS) is 1. The topological polar surface area (TPSA) is 111 Å². The number of benzene rings is 1. The molecule has 8 nitrogen and oxygen atoms in total. The lowest BCUT2D eigenvalue weighted by Crippen LogP contribution is -2.22. The fourth-order valence-electron chi connectivity index (χ4n) is 3.70. The van der Waals surface area contributed by atoms with E-state index < -0.39 is 5.97 Å². The van der Waals surface area contributed by atoms with Gasteiger partial charge in [0, 0.05) is 18.7 Å². The maximum atomic E-state index is 13.2. The van der Waals surface area contributed by atoms with Crippen molar-refractivity contribution < 1.29 is 14.9 Å². The third-order valence-electron chi connectivity index (χ3n) is 5.22. The normalized spacial score (nSPS) is 12.0. The van der Waals surface area contributed by atoms with E-state index in [2.05, 4.69) is 15.3 Å². The van der Waals surface area contributed by atoms with E-state index in [9.17, 15) is 14.7 Å². The molecule has 4 aromatic rings. The Balaban J connectivity index is 1.88. The third-order valence-corrected chi connectivity index (χ3v) is 5.43. The molecule has 3 N–H and O–H groups in total. The molecule has 0 fully saturated rings. The number of anilines is 1. The number of hydrogen-bond acceptors (Lipinski definition) is 5. The van der Waals surface area contributed by atoms with Crippen LogP contribution in [0.25, 0.3) is 22.3 Å². The summed E-state index contributed by atoms with van der Waals surface area (Å²) in [4.78, 5) is 36.6. The smallest absolute Gasteiger partial charge is 0.356 e. The minimum atomic E-state index is -1.19. The zero-order valence-corrected chi connectivity index (χ0v) is 18.4. The first kappa shape index (κ1) is 21.5. The lowest BCUT2D eigenvalue weighted by molar-refractivity contribution is -0.377. The molecule has 0 aliphatic carbocycles. The molecular formula is C23H21ClN5O3+. The molecule has 0 spiro atoms. The maximum absolute atomic E-state index is 13.2. The van der Waals surface area contributed by atoms with E-state index in [1.165, 1.54) is 10.6 Å². The Morgan fingerprint density at radius 2 is 2.03 bits per heavy atom. The van der Waals surface area contributed by atoms with Crippen molar-refractivity contribution in [2.45, 2.75) is 19.9 Å². The Morgan fingerprint density at radius 1 is 1.25 bits per heavy atom. The highest BCUT2D eigenvalue weighted by molar-refractivity contribution is 6.29. The number of halogens is 1. The van der Waals surface area contributed by atoms with Gasteiger partial charge in [0.25, 0.3) is 5.56 Å². The lowest BCUT2D eigenvalue weighted by Gasteiger charge is -2.20. The van der Waals surface area contributed by atoms with Crippen LogP contribution in [0.3, 0.4) is 0 Å². The summed E-state index contributed by atoms with van der Waals surface area (Å²) >= 11 is 5.87. The summed E-state index contributed by atoms with van der Waals surface area (Å²) < 4.78 is 1.53. The van der Waals surface area contributed by atoms with Gasteiger partial charge in [0.2, 0.25) is 0 Å². The van der Waals surface area contributed by atoms with Crippen LogP contribution in [0.1, 0.15) is 34.6 Å². The van der Waals surface area contributed by atoms with E-state index in [0.717, 1.165) is 16.7 Å². The van der Waals surface area contributed by atoms with Gasteiger partial charge in [-0.15, -0.1) is 0 Å². The van der Waals surface area contributed by atoms with Crippen molar-refractivity contribution in [1.82, 2.24) is 14.5 Å². The largest absolute Gasteiger partial charge is 0.476 e. The molecule has 3 heterocycles. The van der Waals surface area contributed by atoms with Gasteiger partial charge in [-0.05, 0) is 43.7 Å². The zero-order valence-electron chi connectivity index (χ0n) is 17.7. The van der Waals surface area contributed by atoms with Gasteiger partial charge in [0.1, 0.15) is 11.0 Å². The number of nitrogens with one attached hydrogen (secondary N) is 2. The highest BCUT2D eigenvalue weighted by Crippen LogP contribution is 2.29. The average Bonchev–Trinajstić information content (AvgIpc) is 2.77. The molecule has 9 heteroatoms. The molecule has 0 unspecified atom stereocenters. The van der Waals surface area contributed by atoms with Gasteiger partial charge in [0.15, 0.2) is 18.1 Å². The summed E-state index contributed by atoms with van der Waals surface area (Å²) in [6, 6.07) is 10.2. The number of aryl methyl sites for hydroxylation is 1. The fraction of sp³-hybridized carbons (Fsp3) is 0.174. The molecule has 162 valence electrons. The molecule has 0 saturated carbocycles. The minimum absolute atomic E-state index is 0.0936. The number of rotatable bonds is 5. The van der Waals surface area contributed by atoms with Crippen LogP contribution in [0.4, 0.5) is 5.69 Å². The summed E-state index contributed by atoms with van der Waals surface area (Å²) in [7, 11) is 1.69. The van der Waals surface area contributed by atoms with Crippen LogP contribution in [0.2, 0.25) is 5.15 Å². The standard InChI is InChI=1S/C23H20ClN5O3/c1-12-9-15(13(2)26-17-6-7-18(24)27-20(17)23(31)32)19-16(10-12)22(30)29(3)21(28-19)14-5-4-8-25-11-14/h4-11,13,26H,1-3H3,(H,31,32)/p+1/t13-/m1/s1. The van der Waals surface area contributed by atoms with Gasteiger partial charge in [-0.3, -0.25) is 9.36 Å². The van der Waals surface area contributed by atoms with E-state index in [-0.39, 0.29) is 22.4 Å². The number of nitrogens with zero attached hydrogens (tertiary/aromatic N) is 3. The van der Waals surface area contributed by atoms with Gasteiger partial charge < -0.3 is 10.4 Å². The summed E-state index contributed by atoms with van der Waals surface area (Å²) in [5.41, 5.74) is 2.98. The van der Waals surface area contributed by atoms with Crippen molar-refractivity contribution in [2.24, 2.45) is 7.05 Å². The van der Waals surface area contributed by atoms with Gasteiger partial charge in [-0.2, -0.15) is 0 Å². The number of fused-ring (bicyclic) bond motifs is 1. The van der Waals surface area contributed by atoms with E-state index >= 15 is 0 Å². The van der Waals surface area contributed by atoms with Crippen LogP contribution >= 0.6 is 11.6 Å². The highest BCUT2D eigenvalue weighted by atomic mass is 35.5. The van der Waals surface area contributed by atoms with Crippen molar-refractivity contribution in [3.05, 3.63) is 81.1 Å². The monoisotopic (exact) mass is 450 g/mol. The molecule has 1 atom stereocenters. The van der Waals surface area contributed by atoms with Crippen molar-refractivity contribution in [3.63, 3.8) is 0 Å². The average molecular weight is 451 g/mol. The van der Waals surface area contributed by atoms with Crippen LogP contribution in [0.15, 0.2) is 53.6 Å². The van der Waals surface area contributed by atoms with E-state index in [1.54, 1.807) is 25.5 Å². The summed E-state index contributed by atoms with van der Waals surface area (Å²) in [6.45, 7) is 3.78. The second-order valence-corrected chi connectivity index (χ2v) is 7.93. The SMILES string of the molecule is Cc1cc([C@@H](C)Nc2ccc(Cl)nc2C(=O)O)c2nc(-c3ccc[nH+]c3)n(C)c(=O)c2c1. The molecule has 0 saturated heterocycles. The van der Waals surface area contributed by atoms with Crippen molar-refractivity contribution in [1.29, 1.82) is 0 Å². The molecule has 0 aliphatic heterocycles. The fourth-order valence-corrected chi connectivity index (χ4v) is 3.85. The summed E-state index contributed by atoms with van der Waals surface area (Å²) in [5.74, 6) is -0.665. The molecule has 0 radical (unpaired) electrons. The lowest BCUT2D eigenvalue weighted by atomic mass is 10.0. The number of H-pyrrole nitrogens is 1. The number of carboxylic acids is 1. The third kappa shape index (κ3) is 3.92. The Hall–Kier alpha value is -3.78.